The van der Waals surface area contributed by atoms with Gasteiger partial charge in [-0.25, -0.2) is 0 Å². The maximum absolute atomic E-state index is 10.5. The number of ether oxygens (including phenoxy) is 1. The van der Waals surface area contributed by atoms with Gasteiger partial charge in [0.15, 0.2) is 5.96 Å². The van der Waals surface area contributed by atoms with Gasteiger partial charge < -0.3 is 20.1 Å². The van der Waals surface area contributed by atoms with Crippen LogP contribution < -0.4 is 5.32 Å². The molecule has 2 unspecified atom stereocenters. The number of hydrogen-bond donors (Lipinski definition) is 2. The van der Waals surface area contributed by atoms with Crippen LogP contribution in [0, 0.1) is 5.92 Å². The molecule has 2 aliphatic heterocycles. The van der Waals surface area contributed by atoms with E-state index in [2.05, 4.69) is 29.3 Å². The third-order valence-electron chi connectivity index (χ3n) is 4.99. The average Bonchev–Trinajstić information content (AvgIpc) is 3.29. The van der Waals surface area contributed by atoms with E-state index in [0.29, 0.717) is 19.1 Å². The molecule has 0 amide bonds. The minimum atomic E-state index is -0.622. The smallest absolute Gasteiger partial charge is 0.194 e. The van der Waals surface area contributed by atoms with Crippen LogP contribution in [0.4, 0.5) is 0 Å². The van der Waals surface area contributed by atoms with Crippen LogP contribution in [0.3, 0.4) is 0 Å². The molecular formula is C20H31N3O2S. The Bertz CT molecular complexity index is 576. The van der Waals surface area contributed by atoms with Gasteiger partial charge in [0.1, 0.15) is 0 Å². The first-order valence-electron chi connectivity index (χ1n) is 9.63. The molecule has 26 heavy (non-hydrogen) atoms. The standard InChI is InChI=1S/C20H31N3O2S/c1-2-21-19(22-15-20(24)9-11-26-16-20)23-10-8-18(12-23)14-25-13-17-6-4-3-5-7-17/h3-7,18,24H,2,8-16H2,1H3,(H,21,22). The second-order valence-corrected chi connectivity index (χ2v) is 8.40. The number of nitrogens with zero attached hydrogens (tertiary/aromatic N) is 2. The lowest BCUT2D eigenvalue weighted by Crippen LogP contribution is -2.42. The van der Waals surface area contributed by atoms with Crippen LogP contribution in [0.2, 0.25) is 0 Å². The fraction of sp³-hybridized carbons (Fsp3) is 0.650. The van der Waals surface area contributed by atoms with Gasteiger partial charge in [-0.1, -0.05) is 30.3 Å². The lowest BCUT2D eigenvalue weighted by Gasteiger charge is -2.24. The normalized spacial score (nSPS) is 26.5. The van der Waals surface area contributed by atoms with Crippen LogP contribution >= 0.6 is 11.8 Å². The van der Waals surface area contributed by atoms with Crippen molar-refractivity contribution >= 4 is 17.7 Å². The summed E-state index contributed by atoms with van der Waals surface area (Å²) in [6, 6.07) is 10.3. The van der Waals surface area contributed by atoms with Gasteiger partial charge in [-0.15, -0.1) is 0 Å². The van der Waals surface area contributed by atoms with Crippen LogP contribution in [-0.4, -0.2) is 65.9 Å². The van der Waals surface area contributed by atoms with Crippen molar-refractivity contribution in [2.75, 3.05) is 44.3 Å². The van der Waals surface area contributed by atoms with Crippen LogP contribution in [-0.2, 0) is 11.3 Å². The zero-order valence-electron chi connectivity index (χ0n) is 15.7. The number of hydrogen-bond acceptors (Lipinski definition) is 4. The van der Waals surface area contributed by atoms with E-state index in [0.717, 1.165) is 56.5 Å². The molecule has 1 aromatic rings. The summed E-state index contributed by atoms with van der Waals surface area (Å²) in [5.41, 5.74) is 0.600. The van der Waals surface area contributed by atoms with Crippen molar-refractivity contribution < 1.29 is 9.84 Å². The number of benzene rings is 1. The Hall–Kier alpha value is -1.24. The number of thioether (sulfide) groups is 1. The van der Waals surface area contributed by atoms with Crippen molar-refractivity contribution in [3.8, 4) is 0 Å². The van der Waals surface area contributed by atoms with Gasteiger partial charge in [-0.05, 0) is 31.1 Å². The molecule has 0 radical (unpaired) electrons. The first-order valence-corrected chi connectivity index (χ1v) is 10.8. The molecule has 2 N–H and O–H groups in total. The highest BCUT2D eigenvalue weighted by Gasteiger charge is 2.32. The molecular weight excluding hydrogens is 346 g/mol. The number of likely N-dealkylation sites (tertiary alicyclic amines) is 1. The summed E-state index contributed by atoms with van der Waals surface area (Å²) in [7, 11) is 0. The van der Waals surface area contributed by atoms with E-state index in [-0.39, 0.29) is 0 Å². The first kappa shape index (κ1) is 19.5. The second-order valence-electron chi connectivity index (χ2n) is 7.30. The molecule has 3 rings (SSSR count). The average molecular weight is 378 g/mol. The van der Waals surface area contributed by atoms with Crippen molar-refractivity contribution in [2.45, 2.75) is 32.0 Å². The predicted octanol–water partition coefficient (Wildman–Crippen LogP) is 2.36. The Balaban J connectivity index is 1.46. The van der Waals surface area contributed by atoms with E-state index in [1.54, 1.807) is 0 Å². The minimum Gasteiger partial charge on any atom is -0.387 e. The van der Waals surface area contributed by atoms with Crippen molar-refractivity contribution in [3.63, 3.8) is 0 Å². The number of rotatable bonds is 7. The molecule has 2 saturated heterocycles. The second kappa shape index (κ2) is 9.62. The fourth-order valence-electron chi connectivity index (χ4n) is 3.45. The Morgan fingerprint density at radius 3 is 3.00 bits per heavy atom. The summed E-state index contributed by atoms with van der Waals surface area (Å²) in [5.74, 6) is 3.30. The molecule has 0 aliphatic carbocycles. The zero-order valence-corrected chi connectivity index (χ0v) is 16.5. The third-order valence-corrected chi connectivity index (χ3v) is 6.23. The van der Waals surface area contributed by atoms with Crippen molar-refractivity contribution in [1.82, 2.24) is 10.2 Å². The Morgan fingerprint density at radius 2 is 2.27 bits per heavy atom. The highest BCUT2D eigenvalue weighted by molar-refractivity contribution is 7.99. The molecule has 0 spiro atoms. The monoisotopic (exact) mass is 377 g/mol. The molecule has 2 heterocycles. The lowest BCUT2D eigenvalue weighted by atomic mass is 10.1. The van der Waals surface area contributed by atoms with E-state index in [9.17, 15) is 5.11 Å². The molecule has 0 bridgehead atoms. The quantitative estimate of drug-likeness (QED) is 0.564. The van der Waals surface area contributed by atoms with Crippen LogP contribution in [0.15, 0.2) is 35.3 Å². The van der Waals surface area contributed by atoms with E-state index in [1.165, 1.54) is 5.56 Å². The zero-order chi connectivity index (χ0) is 18.2. The van der Waals surface area contributed by atoms with Gasteiger partial charge >= 0.3 is 0 Å². The van der Waals surface area contributed by atoms with Gasteiger partial charge in [-0.3, -0.25) is 4.99 Å². The molecule has 6 heteroatoms. The molecule has 2 atom stereocenters. The molecule has 0 aromatic heterocycles. The SMILES string of the molecule is CCNC(=NCC1(O)CCSC1)N1CCC(COCc2ccccc2)C1. The highest BCUT2D eigenvalue weighted by atomic mass is 32.2. The maximum Gasteiger partial charge on any atom is 0.194 e. The van der Waals surface area contributed by atoms with E-state index >= 15 is 0 Å². The minimum absolute atomic E-state index is 0.494. The molecule has 144 valence electrons. The largest absolute Gasteiger partial charge is 0.387 e. The van der Waals surface area contributed by atoms with E-state index in [1.807, 2.05) is 30.0 Å². The summed E-state index contributed by atoms with van der Waals surface area (Å²) in [6.07, 6.45) is 1.97. The van der Waals surface area contributed by atoms with Crippen LogP contribution in [0.1, 0.15) is 25.3 Å². The Kier molecular flexibility index (Phi) is 7.23. The number of aliphatic hydroxyl groups is 1. The van der Waals surface area contributed by atoms with E-state index in [4.69, 9.17) is 9.73 Å². The topological polar surface area (TPSA) is 57.1 Å². The van der Waals surface area contributed by atoms with Crippen molar-refractivity contribution in [2.24, 2.45) is 10.9 Å². The Labute approximate surface area is 161 Å². The number of aliphatic imine (C=N–C) groups is 1. The van der Waals surface area contributed by atoms with Crippen LogP contribution in [0.25, 0.3) is 0 Å². The highest BCUT2D eigenvalue weighted by Crippen LogP contribution is 2.28. The maximum atomic E-state index is 10.5. The molecule has 0 saturated carbocycles. The summed E-state index contributed by atoms with van der Waals surface area (Å²) in [5, 5.41) is 13.9. The van der Waals surface area contributed by atoms with Gasteiger partial charge in [-0.2, -0.15) is 11.8 Å². The summed E-state index contributed by atoms with van der Waals surface area (Å²) in [6.45, 7) is 6.85. The number of nitrogens with one attached hydrogen (secondary N) is 1. The third kappa shape index (κ3) is 5.63. The van der Waals surface area contributed by atoms with Crippen LogP contribution in [0.5, 0.6) is 0 Å². The van der Waals surface area contributed by atoms with Gasteiger partial charge in [0, 0.05) is 31.3 Å². The van der Waals surface area contributed by atoms with Crippen molar-refractivity contribution in [3.05, 3.63) is 35.9 Å². The molecule has 2 fully saturated rings. The fourth-order valence-corrected chi connectivity index (χ4v) is 4.73. The van der Waals surface area contributed by atoms with Crippen molar-refractivity contribution in [1.29, 1.82) is 0 Å². The molecule has 2 aliphatic rings. The van der Waals surface area contributed by atoms with Gasteiger partial charge in [0.05, 0.1) is 25.4 Å². The lowest BCUT2D eigenvalue weighted by molar-refractivity contribution is 0.0774. The predicted molar refractivity (Wildman–Crippen MR) is 109 cm³/mol. The summed E-state index contributed by atoms with van der Waals surface area (Å²) < 4.78 is 5.92. The summed E-state index contributed by atoms with van der Waals surface area (Å²) in [4.78, 5) is 7.05. The molecule has 1 aromatic carbocycles. The number of guanidine groups is 1. The summed E-state index contributed by atoms with van der Waals surface area (Å²) >= 11 is 1.82. The first-order chi connectivity index (χ1) is 12.7. The Morgan fingerprint density at radius 1 is 1.42 bits per heavy atom. The van der Waals surface area contributed by atoms with E-state index < -0.39 is 5.60 Å². The molecule has 5 nitrogen and oxygen atoms in total. The van der Waals surface area contributed by atoms with Gasteiger partial charge in [0.25, 0.3) is 0 Å². The van der Waals surface area contributed by atoms with Gasteiger partial charge in [0.2, 0.25) is 0 Å².